The average Bonchev–Trinajstić information content (AvgIpc) is 2.91. The van der Waals surface area contributed by atoms with E-state index in [0.717, 1.165) is 0 Å². The minimum absolute atomic E-state index is 0.341. The van der Waals surface area contributed by atoms with Gasteiger partial charge in [-0.3, -0.25) is 5.32 Å². The lowest BCUT2D eigenvalue weighted by Gasteiger charge is -2.18. The third-order valence-electron chi connectivity index (χ3n) is 2.45. The van der Waals surface area contributed by atoms with Gasteiger partial charge in [-0.15, -0.1) is 11.3 Å². The van der Waals surface area contributed by atoms with Gasteiger partial charge in [-0.05, 0) is 12.1 Å². The maximum atomic E-state index is 11.7. The molecule has 98 valence electrons. The molecule has 0 fully saturated rings. The van der Waals surface area contributed by atoms with Gasteiger partial charge in [0.15, 0.2) is 16.6 Å². The van der Waals surface area contributed by atoms with E-state index in [1.807, 2.05) is 0 Å². The number of nitrogens with zero attached hydrogens (tertiary/aromatic N) is 1. The fourth-order valence-corrected chi connectivity index (χ4v) is 2.19. The zero-order valence-corrected chi connectivity index (χ0v) is 10.7. The third kappa shape index (κ3) is 2.76. The minimum atomic E-state index is -0.341. The Morgan fingerprint density at radius 2 is 2.05 bits per heavy atom. The predicted octanol–water partition coefficient (Wildman–Crippen LogP) is 2.56. The quantitative estimate of drug-likeness (QED) is 0.885. The van der Waals surface area contributed by atoms with Gasteiger partial charge in [0.05, 0.1) is 0 Å². The van der Waals surface area contributed by atoms with Crippen LogP contribution in [0.15, 0.2) is 29.8 Å². The van der Waals surface area contributed by atoms with Crippen LogP contribution in [-0.4, -0.2) is 24.2 Å². The molecule has 2 N–H and O–H groups in total. The Bertz CT molecular complexity index is 586. The molecular weight excluding hydrogens is 266 g/mol. The lowest BCUT2D eigenvalue weighted by molar-refractivity contribution is 0.171. The molecule has 0 saturated carbocycles. The number of thiazole rings is 1. The molecule has 2 aromatic rings. The molecule has 0 bridgehead atoms. The molecule has 2 heterocycles. The Kier molecular flexibility index (Phi) is 3.20. The Labute approximate surface area is 113 Å². The summed E-state index contributed by atoms with van der Waals surface area (Å²) in [5.74, 6) is 1.33. The normalized spacial score (nSPS) is 12.8. The molecule has 7 heteroatoms. The van der Waals surface area contributed by atoms with E-state index < -0.39 is 0 Å². The molecular formula is C12H11N3O3S. The van der Waals surface area contributed by atoms with Gasteiger partial charge >= 0.3 is 6.03 Å². The summed E-state index contributed by atoms with van der Waals surface area (Å²) in [6.07, 6.45) is 1.63. The van der Waals surface area contributed by atoms with Gasteiger partial charge in [-0.2, -0.15) is 0 Å². The molecule has 2 amide bonds. The second-order valence-corrected chi connectivity index (χ2v) is 4.67. The van der Waals surface area contributed by atoms with E-state index >= 15 is 0 Å². The number of hydrogen-bond acceptors (Lipinski definition) is 5. The smallest absolute Gasteiger partial charge is 0.325 e. The van der Waals surface area contributed by atoms with Crippen LogP contribution in [0, 0.1) is 0 Å². The number of amides is 2. The number of fused-ring (bicyclic) bond motifs is 1. The van der Waals surface area contributed by atoms with E-state index in [1.54, 1.807) is 29.8 Å². The fraction of sp³-hybridized carbons (Fsp3) is 0.167. The topological polar surface area (TPSA) is 72.5 Å². The van der Waals surface area contributed by atoms with Crippen molar-refractivity contribution in [3.8, 4) is 11.5 Å². The average molecular weight is 277 g/mol. The van der Waals surface area contributed by atoms with Crippen molar-refractivity contribution in [3.63, 3.8) is 0 Å². The summed E-state index contributed by atoms with van der Waals surface area (Å²) >= 11 is 1.36. The minimum Gasteiger partial charge on any atom is -0.486 e. The highest BCUT2D eigenvalue weighted by Crippen LogP contribution is 2.32. The molecule has 0 aliphatic carbocycles. The van der Waals surface area contributed by atoms with Crippen LogP contribution >= 0.6 is 11.3 Å². The highest BCUT2D eigenvalue weighted by atomic mass is 32.1. The summed E-state index contributed by atoms with van der Waals surface area (Å²) < 4.78 is 10.9. The Morgan fingerprint density at radius 3 is 2.84 bits per heavy atom. The van der Waals surface area contributed by atoms with Gasteiger partial charge in [0, 0.05) is 23.3 Å². The molecule has 3 rings (SSSR count). The summed E-state index contributed by atoms with van der Waals surface area (Å²) in [6, 6.07) is 4.92. The van der Waals surface area contributed by atoms with Crippen LogP contribution in [0.2, 0.25) is 0 Å². The van der Waals surface area contributed by atoms with E-state index in [-0.39, 0.29) is 6.03 Å². The summed E-state index contributed by atoms with van der Waals surface area (Å²) in [7, 11) is 0. The first-order valence-corrected chi connectivity index (χ1v) is 6.56. The Balaban J connectivity index is 1.67. The van der Waals surface area contributed by atoms with Crippen LogP contribution in [0.4, 0.5) is 15.6 Å². The van der Waals surface area contributed by atoms with Crippen molar-refractivity contribution in [2.75, 3.05) is 23.8 Å². The molecule has 1 aromatic carbocycles. The largest absolute Gasteiger partial charge is 0.486 e. The van der Waals surface area contributed by atoms with Gasteiger partial charge in [-0.25, -0.2) is 9.78 Å². The van der Waals surface area contributed by atoms with Crippen LogP contribution < -0.4 is 20.1 Å². The fourth-order valence-electron chi connectivity index (χ4n) is 1.67. The van der Waals surface area contributed by atoms with Gasteiger partial charge in [0.1, 0.15) is 13.2 Å². The number of urea groups is 1. The number of carbonyl (C=O) groups excluding carboxylic acids is 1. The number of aromatic nitrogens is 1. The van der Waals surface area contributed by atoms with Gasteiger partial charge in [0.2, 0.25) is 0 Å². The summed E-state index contributed by atoms with van der Waals surface area (Å²) in [6.45, 7) is 1.06. The molecule has 1 aliphatic heterocycles. The highest BCUT2D eigenvalue weighted by molar-refractivity contribution is 7.13. The lowest BCUT2D eigenvalue weighted by atomic mass is 10.2. The van der Waals surface area contributed by atoms with Crippen LogP contribution in [0.3, 0.4) is 0 Å². The number of ether oxygens (including phenoxy) is 2. The van der Waals surface area contributed by atoms with Crippen LogP contribution in [0.1, 0.15) is 0 Å². The summed E-state index contributed by atoms with van der Waals surface area (Å²) in [4.78, 5) is 15.7. The molecule has 0 unspecified atom stereocenters. The number of carbonyl (C=O) groups is 1. The molecule has 0 spiro atoms. The van der Waals surface area contributed by atoms with Crippen molar-refractivity contribution in [1.29, 1.82) is 0 Å². The molecule has 6 nitrogen and oxygen atoms in total. The van der Waals surface area contributed by atoms with Gasteiger partial charge in [-0.1, -0.05) is 0 Å². The van der Waals surface area contributed by atoms with Gasteiger partial charge < -0.3 is 14.8 Å². The zero-order valence-electron chi connectivity index (χ0n) is 9.88. The maximum Gasteiger partial charge on any atom is 0.325 e. The SMILES string of the molecule is O=C(Nc1ccc2c(c1)OCCO2)Nc1nccs1. The monoisotopic (exact) mass is 277 g/mol. The molecule has 0 radical (unpaired) electrons. The number of anilines is 2. The van der Waals surface area contributed by atoms with E-state index in [2.05, 4.69) is 15.6 Å². The van der Waals surface area contributed by atoms with Crippen molar-refractivity contribution in [2.45, 2.75) is 0 Å². The van der Waals surface area contributed by atoms with E-state index in [4.69, 9.17) is 9.47 Å². The molecule has 0 saturated heterocycles. The molecule has 0 atom stereocenters. The lowest BCUT2D eigenvalue weighted by Crippen LogP contribution is -2.20. The molecule has 19 heavy (non-hydrogen) atoms. The third-order valence-corrected chi connectivity index (χ3v) is 3.14. The van der Waals surface area contributed by atoms with E-state index in [0.29, 0.717) is 35.5 Å². The second-order valence-electron chi connectivity index (χ2n) is 3.77. The van der Waals surface area contributed by atoms with Crippen LogP contribution in [0.5, 0.6) is 11.5 Å². The van der Waals surface area contributed by atoms with Crippen molar-refractivity contribution >= 4 is 28.2 Å². The van der Waals surface area contributed by atoms with Crippen molar-refractivity contribution in [3.05, 3.63) is 29.8 Å². The predicted molar refractivity (Wildman–Crippen MR) is 72.2 cm³/mol. The van der Waals surface area contributed by atoms with Crippen molar-refractivity contribution < 1.29 is 14.3 Å². The second kappa shape index (κ2) is 5.15. The number of hydrogen-bond donors (Lipinski definition) is 2. The number of rotatable bonds is 2. The number of benzene rings is 1. The summed E-state index contributed by atoms with van der Waals surface area (Å²) in [5.41, 5.74) is 0.637. The van der Waals surface area contributed by atoms with Crippen molar-refractivity contribution in [2.24, 2.45) is 0 Å². The molecule has 1 aromatic heterocycles. The van der Waals surface area contributed by atoms with E-state index in [1.165, 1.54) is 11.3 Å². The van der Waals surface area contributed by atoms with Gasteiger partial charge in [0.25, 0.3) is 0 Å². The summed E-state index contributed by atoms with van der Waals surface area (Å²) in [5, 5.41) is 7.69. The molecule has 1 aliphatic rings. The van der Waals surface area contributed by atoms with Crippen LogP contribution in [-0.2, 0) is 0 Å². The van der Waals surface area contributed by atoms with Crippen LogP contribution in [0.25, 0.3) is 0 Å². The first-order valence-electron chi connectivity index (χ1n) is 5.68. The first kappa shape index (κ1) is 11.8. The standard InChI is InChI=1S/C12H11N3O3S/c16-11(15-12-13-3-6-19-12)14-8-1-2-9-10(7-8)18-5-4-17-9/h1-3,6-7H,4-5H2,(H2,13,14,15,16). The maximum absolute atomic E-state index is 11.7. The highest BCUT2D eigenvalue weighted by Gasteiger charge is 2.12. The zero-order chi connectivity index (χ0) is 13.1. The Hall–Kier alpha value is -2.28. The first-order chi connectivity index (χ1) is 9.31. The number of nitrogens with one attached hydrogen (secondary N) is 2. The van der Waals surface area contributed by atoms with Crippen molar-refractivity contribution in [1.82, 2.24) is 4.98 Å². The van der Waals surface area contributed by atoms with E-state index in [9.17, 15) is 4.79 Å². The Morgan fingerprint density at radius 1 is 1.21 bits per heavy atom.